The predicted molar refractivity (Wildman–Crippen MR) is 74.5 cm³/mol. The summed E-state index contributed by atoms with van der Waals surface area (Å²) < 4.78 is 6.35. The highest BCUT2D eigenvalue weighted by Crippen LogP contribution is 2.30. The minimum atomic E-state index is -0.560. The van der Waals surface area contributed by atoms with Gasteiger partial charge in [0.25, 0.3) is 0 Å². The lowest BCUT2D eigenvalue weighted by Gasteiger charge is -2.06. The molecule has 2 N–H and O–H groups in total. The number of nitro groups is 1. The van der Waals surface area contributed by atoms with Crippen molar-refractivity contribution < 1.29 is 9.66 Å². The fourth-order valence-electron chi connectivity index (χ4n) is 1.30. The highest BCUT2D eigenvalue weighted by atomic mass is 127. The molecular weight excluding hydrogens is 349 g/mol. The summed E-state index contributed by atoms with van der Waals surface area (Å²) in [7, 11) is 0. The zero-order chi connectivity index (χ0) is 13.1. The second-order valence-corrected chi connectivity index (χ2v) is 4.62. The molecule has 0 aliphatic carbocycles. The third-order valence-electron chi connectivity index (χ3n) is 2.07. The number of aromatic nitrogens is 1. The molecular formula is C11H8IN3O3. The van der Waals surface area contributed by atoms with Crippen LogP contribution in [0.15, 0.2) is 36.4 Å². The van der Waals surface area contributed by atoms with Crippen molar-refractivity contribution in [2.24, 2.45) is 0 Å². The molecule has 0 unspecified atom stereocenters. The van der Waals surface area contributed by atoms with E-state index in [2.05, 4.69) is 27.6 Å². The summed E-state index contributed by atoms with van der Waals surface area (Å²) in [4.78, 5) is 14.1. The maximum absolute atomic E-state index is 10.8. The number of nitrogens with zero attached hydrogens (tertiary/aromatic N) is 2. The smallest absolute Gasteiger partial charge is 0.331 e. The number of ether oxygens (including phenoxy) is 1. The SMILES string of the molecule is Nc1ccc([N+](=O)[O-])c(Oc2cccc(I)c2)n1. The van der Waals surface area contributed by atoms with E-state index in [4.69, 9.17) is 10.5 Å². The zero-order valence-corrected chi connectivity index (χ0v) is 11.2. The Hall–Kier alpha value is -1.90. The highest BCUT2D eigenvalue weighted by molar-refractivity contribution is 14.1. The van der Waals surface area contributed by atoms with Gasteiger partial charge in [-0.3, -0.25) is 10.1 Å². The Morgan fingerprint density at radius 3 is 2.78 bits per heavy atom. The summed E-state index contributed by atoms with van der Waals surface area (Å²) in [5.74, 6) is 0.534. The van der Waals surface area contributed by atoms with E-state index in [1.807, 2.05) is 6.07 Å². The average Bonchev–Trinajstić information content (AvgIpc) is 2.28. The van der Waals surface area contributed by atoms with Gasteiger partial charge in [-0.25, -0.2) is 0 Å². The summed E-state index contributed by atoms with van der Waals surface area (Å²) in [5, 5.41) is 10.8. The summed E-state index contributed by atoms with van der Waals surface area (Å²) in [6.07, 6.45) is 0. The van der Waals surface area contributed by atoms with Crippen molar-refractivity contribution in [1.82, 2.24) is 4.98 Å². The van der Waals surface area contributed by atoms with Crippen molar-refractivity contribution in [2.45, 2.75) is 0 Å². The van der Waals surface area contributed by atoms with Crippen LogP contribution < -0.4 is 10.5 Å². The highest BCUT2D eigenvalue weighted by Gasteiger charge is 2.17. The molecule has 0 saturated carbocycles. The van der Waals surface area contributed by atoms with Crippen LogP contribution in [0.25, 0.3) is 0 Å². The second kappa shape index (κ2) is 5.17. The van der Waals surface area contributed by atoms with Gasteiger partial charge in [0.2, 0.25) is 0 Å². The molecule has 2 aromatic rings. The van der Waals surface area contributed by atoms with Crippen LogP contribution in [0.3, 0.4) is 0 Å². The monoisotopic (exact) mass is 357 g/mol. The fraction of sp³-hybridized carbons (Fsp3) is 0. The van der Waals surface area contributed by atoms with E-state index in [9.17, 15) is 10.1 Å². The Morgan fingerprint density at radius 2 is 2.11 bits per heavy atom. The topological polar surface area (TPSA) is 91.3 Å². The molecule has 0 spiro atoms. The van der Waals surface area contributed by atoms with E-state index in [1.165, 1.54) is 12.1 Å². The summed E-state index contributed by atoms with van der Waals surface area (Å²) in [6.45, 7) is 0. The molecule has 7 heteroatoms. The molecule has 0 aliphatic heterocycles. The third-order valence-corrected chi connectivity index (χ3v) is 2.74. The van der Waals surface area contributed by atoms with Gasteiger partial charge in [0, 0.05) is 9.64 Å². The van der Waals surface area contributed by atoms with Crippen molar-refractivity contribution >= 4 is 34.1 Å². The lowest BCUT2D eigenvalue weighted by Crippen LogP contribution is -1.99. The van der Waals surface area contributed by atoms with Gasteiger partial charge >= 0.3 is 11.6 Å². The van der Waals surface area contributed by atoms with E-state index < -0.39 is 4.92 Å². The van der Waals surface area contributed by atoms with Crippen molar-refractivity contribution in [3.63, 3.8) is 0 Å². The molecule has 0 fully saturated rings. The maximum Gasteiger partial charge on any atom is 0.331 e. The molecule has 0 aliphatic rings. The first-order valence-corrected chi connectivity index (χ1v) is 5.98. The van der Waals surface area contributed by atoms with Crippen LogP contribution >= 0.6 is 22.6 Å². The number of hydrogen-bond donors (Lipinski definition) is 1. The van der Waals surface area contributed by atoms with Crippen molar-refractivity contribution in [2.75, 3.05) is 5.73 Å². The Kier molecular flexibility index (Phi) is 3.60. The number of anilines is 1. The zero-order valence-electron chi connectivity index (χ0n) is 9.04. The molecule has 92 valence electrons. The van der Waals surface area contributed by atoms with E-state index >= 15 is 0 Å². The largest absolute Gasteiger partial charge is 0.434 e. The molecule has 18 heavy (non-hydrogen) atoms. The minimum absolute atomic E-state index is 0.109. The van der Waals surface area contributed by atoms with Gasteiger partial charge in [-0.2, -0.15) is 4.98 Å². The van der Waals surface area contributed by atoms with Crippen LogP contribution in [0.1, 0.15) is 0 Å². The fourth-order valence-corrected chi connectivity index (χ4v) is 1.82. The summed E-state index contributed by atoms with van der Waals surface area (Å²) in [5.41, 5.74) is 5.28. The van der Waals surface area contributed by atoms with Gasteiger partial charge in [0.1, 0.15) is 11.6 Å². The maximum atomic E-state index is 10.8. The van der Waals surface area contributed by atoms with Crippen LogP contribution in [0.5, 0.6) is 11.6 Å². The first kappa shape index (κ1) is 12.6. The van der Waals surface area contributed by atoms with Crippen molar-refractivity contribution in [3.8, 4) is 11.6 Å². The first-order valence-electron chi connectivity index (χ1n) is 4.90. The molecule has 0 amide bonds. The molecule has 0 bridgehead atoms. The number of nitrogen functional groups attached to an aromatic ring is 1. The van der Waals surface area contributed by atoms with E-state index in [0.717, 1.165) is 3.57 Å². The van der Waals surface area contributed by atoms with Crippen LogP contribution in [0.4, 0.5) is 11.5 Å². The molecule has 6 nitrogen and oxygen atoms in total. The van der Waals surface area contributed by atoms with Gasteiger partial charge in [0.05, 0.1) is 4.92 Å². The van der Waals surface area contributed by atoms with E-state index in [1.54, 1.807) is 18.2 Å². The van der Waals surface area contributed by atoms with Gasteiger partial charge in [0.15, 0.2) is 0 Å². The van der Waals surface area contributed by atoms with Crippen LogP contribution in [-0.2, 0) is 0 Å². The number of hydrogen-bond acceptors (Lipinski definition) is 5. The van der Waals surface area contributed by atoms with Crippen LogP contribution in [-0.4, -0.2) is 9.91 Å². The van der Waals surface area contributed by atoms with Crippen LogP contribution in [0, 0.1) is 13.7 Å². The molecule has 1 aromatic heterocycles. The van der Waals surface area contributed by atoms with Crippen molar-refractivity contribution in [3.05, 3.63) is 50.1 Å². The predicted octanol–water partition coefficient (Wildman–Crippen LogP) is 2.97. The Labute approximate surface area is 116 Å². The third kappa shape index (κ3) is 2.86. The Bertz CT molecular complexity index is 604. The first-order chi connectivity index (χ1) is 8.56. The summed E-state index contributed by atoms with van der Waals surface area (Å²) in [6, 6.07) is 9.74. The number of nitrogens with two attached hydrogens (primary N) is 1. The number of benzene rings is 1. The van der Waals surface area contributed by atoms with Gasteiger partial charge in [-0.15, -0.1) is 0 Å². The summed E-state index contributed by atoms with van der Waals surface area (Å²) >= 11 is 2.12. The standard InChI is InChI=1S/C11H8IN3O3/c12-7-2-1-3-8(6-7)18-11-9(15(16)17)4-5-10(13)14-11/h1-6H,(H2,13,14). The van der Waals surface area contributed by atoms with Gasteiger partial charge in [-0.05, 0) is 46.9 Å². The van der Waals surface area contributed by atoms with Crippen molar-refractivity contribution in [1.29, 1.82) is 0 Å². The molecule has 1 aromatic carbocycles. The minimum Gasteiger partial charge on any atom is -0.434 e. The molecule has 1 heterocycles. The second-order valence-electron chi connectivity index (χ2n) is 3.38. The normalized spacial score (nSPS) is 10.1. The van der Waals surface area contributed by atoms with E-state index in [-0.39, 0.29) is 17.4 Å². The number of rotatable bonds is 3. The number of pyridine rings is 1. The van der Waals surface area contributed by atoms with Gasteiger partial charge < -0.3 is 10.5 Å². The quantitative estimate of drug-likeness (QED) is 0.518. The Morgan fingerprint density at radius 1 is 1.33 bits per heavy atom. The average molecular weight is 357 g/mol. The lowest BCUT2D eigenvalue weighted by atomic mass is 10.3. The lowest BCUT2D eigenvalue weighted by molar-refractivity contribution is -0.386. The van der Waals surface area contributed by atoms with Crippen LogP contribution in [0.2, 0.25) is 0 Å². The molecule has 0 radical (unpaired) electrons. The van der Waals surface area contributed by atoms with E-state index in [0.29, 0.717) is 5.75 Å². The number of halogens is 1. The molecule has 2 rings (SSSR count). The Balaban J connectivity index is 2.39. The molecule has 0 atom stereocenters. The van der Waals surface area contributed by atoms with Gasteiger partial charge in [-0.1, -0.05) is 6.07 Å². The molecule has 0 saturated heterocycles.